The molecule has 0 saturated heterocycles. The lowest BCUT2D eigenvalue weighted by Crippen LogP contribution is -2.52. The second kappa shape index (κ2) is 11.9. The Bertz CT molecular complexity index is 1850. The van der Waals surface area contributed by atoms with Gasteiger partial charge < -0.3 is 30.9 Å². The highest BCUT2D eigenvalue weighted by molar-refractivity contribution is 5.99. The number of nitrogens with zero attached hydrogens (tertiary/aromatic N) is 2. The van der Waals surface area contributed by atoms with Gasteiger partial charge in [-0.1, -0.05) is 6.07 Å². The van der Waals surface area contributed by atoms with Gasteiger partial charge in [-0.3, -0.25) is 14.6 Å². The van der Waals surface area contributed by atoms with E-state index in [0.29, 0.717) is 10.9 Å². The summed E-state index contributed by atoms with van der Waals surface area (Å²) in [4.78, 5) is 45.6. The van der Waals surface area contributed by atoms with Crippen LogP contribution < -0.4 is 21.1 Å². The van der Waals surface area contributed by atoms with Crippen molar-refractivity contribution >= 4 is 28.8 Å². The van der Waals surface area contributed by atoms with Crippen molar-refractivity contribution in [3.63, 3.8) is 0 Å². The summed E-state index contributed by atoms with van der Waals surface area (Å²) in [6, 6.07) is 11.4. The van der Waals surface area contributed by atoms with Crippen LogP contribution in [-0.2, 0) is 27.2 Å². The van der Waals surface area contributed by atoms with E-state index in [1.54, 1.807) is 12.1 Å². The van der Waals surface area contributed by atoms with Gasteiger partial charge in [0.1, 0.15) is 35.9 Å². The van der Waals surface area contributed by atoms with E-state index in [9.17, 15) is 37.1 Å². The molecule has 1 aliphatic rings. The normalized spacial score (nSPS) is 17.0. The smallest absolute Gasteiger partial charge is 0.424 e. The van der Waals surface area contributed by atoms with Crippen molar-refractivity contribution in [3.8, 4) is 17.0 Å². The topological polar surface area (TPSA) is 166 Å². The lowest BCUT2D eigenvalue weighted by molar-refractivity contribution is -0.265. The molecular weight excluding hydrogens is 614 g/mol. The minimum absolute atomic E-state index is 0.00583. The Morgan fingerprint density at radius 1 is 1.13 bits per heavy atom. The van der Waals surface area contributed by atoms with E-state index in [2.05, 4.69) is 20.6 Å². The van der Waals surface area contributed by atoms with Crippen LogP contribution in [0.25, 0.3) is 22.2 Å². The third-order valence-electron chi connectivity index (χ3n) is 7.73. The van der Waals surface area contributed by atoms with Gasteiger partial charge in [0.25, 0.3) is 5.91 Å². The second-order valence-corrected chi connectivity index (χ2v) is 10.8. The number of rotatable bonds is 8. The largest absolute Gasteiger partial charge is 0.489 e. The van der Waals surface area contributed by atoms with Crippen LogP contribution in [0.4, 0.5) is 22.4 Å². The van der Waals surface area contributed by atoms with Gasteiger partial charge >= 0.3 is 12.3 Å². The minimum atomic E-state index is -5.39. The van der Waals surface area contributed by atoms with Gasteiger partial charge in [0.15, 0.2) is 0 Å². The average molecular weight is 642 g/mol. The van der Waals surface area contributed by atoms with Gasteiger partial charge in [-0.05, 0) is 55.5 Å². The maximum atomic E-state index is 14.8. The summed E-state index contributed by atoms with van der Waals surface area (Å²) < 4.78 is 68.6. The van der Waals surface area contributed by atoms with Crippen LogP contribution in [0.3, 0.4) is 0 Å². The zero-order valence-electron chi connectivity index (χ0n) is 24.4. The van der Waals surface area contributed by atoms with Gasteiger partial charge in [0, 0.05) is 40.9 Å². The van der Waals surface area contributed by atoms with Crippen LogP contribution in [0.2, 0.25) is 0 Å². The number of carbonyl (C=O) groups is 3. The Balaban J connectivity index is 1.57. The zero-order chi connectivity index (χ0) is 33.4. The first-order valence-electron chi connectivity index (χ1n) is 13.7. The molecule has 1 unspecified atom stereocenters. The van der Waals surface area contributed by atoms with Gasteiger partial charge in [-0.15, -0.1) is 0 Å². The number of primary amides is 1. The van der Waals surface area contributed by atoms with Crippen LogP contribution in [-0.4, -0.2) is 59.4 Å². The fraction of sp³-hybridized carbons (Fsp3) is 0.258. The van der Waals surface area contributed by atoms with E-state index in [1.165, 1.54) is 44.4 Å². The van der Waals surface area contributed by atoms with E-state index in [4.69, 9.17) is 15.2 Å². The fourth-order valence-corrected chi connectivity index (χ4v) is 5.17. The number of benzene rings is 2. The molecule has 2 atom stereocenters. The average Bonchev–Trinajstić information content (AvgIpc) is 3.38. The van der Waals surface area contributed by atoms with Crippen molar-refractivity contribution in [2.45, 2.75) is 30.7 Å². The highest BCUT2D eigenvalue weighted by atomic mass is 19.4. The number of amides is 3. The zero-order valence-corrected chi connectivity index (χ0v) is 24.4. The molecule has 5 rings (SSSR count). The van der Waals surface area contributed by atoms with Crippen LogP contribution in [0.5, 0.6) is 5.75 Å². The number of hydrogen-bond donors (Lipinski definition) is 4. The number of alkyl halides is 3. The summed E-state index contributed by atoms with van der Waals surface area (Å²) in [6.45, 7) is -0.548. The molecule has 0 bridgehead atoms. The molecule has 240 valence electrons. The number of likely N-dealkylation sites (N-methyl/N-ethyl adjacent to an activating group) is 1. The Morgan fingerprint density at radius 3 is 2.50 bits per heavy atom. The number of aliphatic hydroxyl groups is 1. The lowest BCUT2D eigenvalue weighted by Gasteiger charge is -2.31. The van der Waals surface area contributed by atoms with E-state index >= 15 is 0 Å². The number of nitrogens with one attached hydrogen (secondary N) is 2. The number of carbonyl (C=O) groups excluding carboxylic acids is 3. The first kappa shape index (κ1) is 32.1. The summed E-state index contributed by atoms with van der Waals surface area (Å²) in [7, 11) is 1.35. The van der Waals surface area contributed by atoms with Gasteiger partial charge in [0.05, 0.1) is 17.8 Å². The number of ether oxygens (including phenoxy) is 2. The second-order valence-electron chi connectivity index (χ2n) is 10.8. The molecule has 2 aromatic carbocycles. The minimum Gasteiger partial charge on any atom is -0.489 e. The maximum absolute atomic E-state index is 14.8. The fourth-order valence-electron chi connectivity index (χ4n) is 5.17. The van der Waals surface area contributed by atoms with Crippen LogP contribution in [0.15, 0.2) is 60.8 Å². The summed E-state index contributed by atoms with van der Waals surface area (Å²) in [6.07, 6.45) is -5.02. The van der Waals surface area contributed by atoms with Crippen molar-refractivity contribution in [1.82, 2.24) is 20.6 Å². The Morgan fingerprint density at radius 2 is 1.85 bits per heavy atom. The maximum Gasteiger partial charge on any atom is 0.424 e. The molecule has 3 heterocycles. The molecule has 0 radical (unpaired) electrons. The van der Waals surface area contributed by atoms with Crippen molar-refractivity contribution in [1.29, 1.82) is 0 Å². The molecule has 3 amide bonds. The highest BCUT2D eigenvalue weighted by Gasteiger charge is 2.57. The first-order chi connectivity index (χ1) is 21.7. The number of aromatic nitrogens is 2. The summed E-state index contributed by atoms with van der Waals surface area (Å²) >= 11 is 0. The standard InChI is InChI=1S/C31H27F4N5O6/c1-29(27(42)37-2)15-46-25-21(29)12-22(40-24(25)16-5-7-20(32)8-6-16)30(44,31(33,34)35)14-39-26(41)18-10-17-4-3-9-38-23(17)19(11-18)13-45-28(36)43/h3-12,44H,13-15H2,1-2H3,(H2,36,43)(H,37,42)(H,39,41)/t29-,30?/m0/s1. The van der Waals surface area contributed by atoms with Crippen LogP contribution >= 0.6 is 0 Å². The number of pyridine rings is 2. The highest BCUT2D eigenvalue weighted by Crippen LogP contribution is 2.48. The Kier molecular flexibility index (Phi) is 8.30. The van der Waals surface area contributed by atoms with Crippen molar-refractivity contribution in [3.05, 3.63) is 89.0 Å². The monoisotopic (exact) mass is 641 g/mol. The van der Waals surface area contributed by atoms with Crippen molar-refractivity contribution in [2.24, 2.45) is 5.73 Å². The number of halogens is 4. The first-order valence-corrected chi connectivity index (χ1v) is 13.7. The molecule has 2 aromatic heterocycles. The summed E-state index contributed by atoms with van der Waals surface area (Å²) in [5, 5.41) is 16.3. The SMILES string of the molecule is CNC(=O)[C@@]1(C)COc2c1cc(C(O)(CNC(=O)c1cc(COC(N)=O)c3ncccc3c1)C(F)(F)F)nc2-c1ccc(F)cc1. The van der Waals surface area contributed by atoms with E-state index in [-0.39, 0.29) is 46.9 Å². The van der Waals surface area contributed by atoms with Crippen LogP contribution in [0, 0.1) is 5.82 Å². The van der Waals surface area contributed by atoms with E-state index in [1.807, 2.05) is 0 Å². The molecule has 46 heavy (non-hydrogen) atoms. The molecule has 0 spiro atoms. The van der Waals surface area contributed by atoms with E-state index < -0.39 is 53.2 Å². The Hall–Kier alpha value is -5.31. The van der Waals surface area contributed by atoms with E-state index in [0.717, 1.165) is 18.2 Å². The summed E-state index contributed by atoms with van der Waals surface area (Å²) in [5.41, 5.74) is -0.634. The Labute approximate surface area is 258 Å². The van der Waals surface area contributed by atoms with Gasteiger partial charge in [-0.25, -0.2) is 14.2 Å². The van der Waals surface area contributed by atoms with Gasteiger partial charge in [0.2, 0.25) is 11.5 Å². The molecule has 0 fully saturated rings. The van der Waals surface area contributed by atoms with Gasteiger partial charge in [-0.2, -0.15) is 13.2 Å². The molecule has 0 saturated carbocycles. The van der Waals surface area contributed by atoms with Crippen molar-refractivity contribution < 1.29 is 46.5 Å². The molecule has 11 nitrogen and oxygen atoms in total. The lowest BCUT2D eigenvalue weighted by atomic mass is 9.81. The summed E-state index contributed by atoms with van der Waals surface area (Å²) in [5.74, 6) is -2.20. The predicted octanol–water partition coefficient (Wildman–Crippen LogP) is 3.61. The number of hydrogen-bond acceptors (Lipinski definition) is 8. The van der Waals surface area contributed by atoms with Crippen LogP contribution in [0.1, 0.15) is 34.1 Å². The predicted molar refractivity (Wildman–Crippen MR) is 155 cm³/mol. The third-order valence-corrected chi connectivity index (χ3v) is 7.73. The molecule has 4 aromatic rings. The molecule has 0 aliphatic carbocycles. The quantitative estimate of drug-likeness (QED) is 0.212. The molecular formula is C31H27F4N5O6. The number of nitrogens with two attached hydrogens (primary N) is 1. The molecule has 15 heteroatoms. The number of fused-ring (bicyclic) bond motifs is 2. The molecule has 1 aliphatic heterocycles. The van der Waals surface area contributed by atoms with Crippen molar-refractivity contribution in [2.75, 3.05) is 20.2 Å². The third kappa shape index (κ3) is 5.76. The molecule has 5 N–H and O–H groups in total.